The van der Waals surface area contributed by atoms with Crippen LogP contribution in [0.5, 0.6) is 0 Å². The van der Waals surface area contributed by atoms with Crippen molar-refractivity contribution in [1.29, 1.82) is 0 Å². The van der Waals surface area contributed by atoms with E-state index in [4.69, 9.17) is 0 Å². The second-order valence-corrected chi connectivity index (χ2v) is 9.69. The summed E-state index contributed by atoms with van der Waals surface area (Å²) < 4.78 is 0. The summed E-state index contributed by atoms with van der Waals surface area (Å²) >= 11 is 0. The van der Waals surface area contributed by atoms with Crippen LogP contribution in [-0.4, -0.2) is 11.0 Å². The molecule has 200 valence electrons. The van der Waals surface area contributed by atoms with E-state index < -0.39 is 0 Å². The van der Waals surface area contributed by atoms with Crippen molar-refractivity contribution in [3.05, 3.63) is 181 Å². The average molecular weight is 632 g/mol. The largest absolute Gasteiger partial charge is 4.00 e. The van der Waals surface area contributed by atoms with Crippen LogP contribution in [0.4, 0.5) is 0 Å². The van der Waals surface area contributed by atoms with Crippen molar-refractivity contribution in [3.8, 4) is 22.3 Å². The molecule has 4 aliphatic carbocycles. The number of aryl methyl sites for hydroxylation is 2. The maximum Gasteiger partial charge on any atom is 4.00 e. The van der Waals surface area contributed by atoms with Crippen molar-refractivity contribution in [3.63, 3.8) is 0 Å². The third-order valence-electron chi connectivity index (χ3n) is 6.96. The first kappa shape index (κ1) is 32.7. The summed E-state index contributed by atoms with van der Waals surface area (Å²) in [5.74, 6) is 0. The molecule has 0 heterocycles. The maximum absolute atomic E-state index is 2.89. The molecule has 4 radical (unpaired) electrons. The second-order valence-electron chi connectivity index (χ2n) is 9.69. The fourth-order valence-corrected chi connectivity index (χ4v) is 4.95. The summed E-state index contributed by atoms with van der Waals surface area (Å²) in [5.41, 5.74) is 8.24. The first-order valence-corrected chi connectivity index (χ1v) is 13.6. The Bertz CT molecular complexity index is 1620. The topological polar surface area (TPSA) is 0 Å². The molecule has 0 spiro atoms. The van der Waals surface area contributed by atoms with E-state index >= 15 is 0 Å². The van der Waals surface area contributed by atoms with Crippen LogP contribution in [0.1, 0.15) is 11.1 Å². The Morgan fingerprint density at radius 3 is 1.17 bits per heavy atom. The van der Waals surface area contributed by atoms with Gasteiger partial charge in [0.25, 0.3) is 0 Å². The zero-order valence-corrected chi connectivity index (χ0v) is 27.5. The molecule has 0 N–H and O–H groups in total. The van der Waals surface area contributed by atoms with Gasteiger partial charge in [0.05, 0.1) is 0 Å². The number of hydrogen-bond acceptors (Lipinski definition) is 0. The van der Waals surface area contributed by atoms with Gasteiger partial charge in [-0.1, -0.05) is 83.9 Å². The first-order chi connectivity index (χ1) is 19.7. The van der Waals surface area contributed by atoms with Crippen LogP contribution < -0.4 is 0 Å². The SMILES string of the molecule is C[c-]1cccc2c3ccccc3cc1-2.C[c-]1cccc2c3ccccc3cc1-2.[Si].[Zr+4].[c-]1ccccc1.[c-]1ccccc1. The van der Waals surface area contributed by atoms with Gasteiger partial charge >= 0.3 is 26.2 Å². The summed E-state index contributed by atoms with van der Waals surface area (Å²) in [6, 6.07) is 59.7. The van der Waals surface area contributed by atoms with Crippen molar-refractivity contribution >= 4 is 32.5 Å². The van der Waals surface area contributed by atoms with Gasteiger partial charge in [-0.3, -0.25) is 0 Å². The van der Waals surface area contributed by atoms with E-state index in [0.29, 0.717) is 0 Å². The molecule has 0 amide bonds. The number of rotatable bonds is 0. The predicted molar refractivity (Wildman–Crippen MR) is 178 cm³/mol. The van der Waals surface area contributed by atoms with Crippen LogP contribution in [0.25, 0.3) is 43.8 Å². The molecule has 0 aliphatic heterocycles. The van der Waals surface area contributed by atoms with E-state index in [1.165, 1.54) is 54.9 Å². The van der Waals surface area contributed by atoms with E-state index in [1.807, 2.05) is 60.7 Å². The minimum atomic E-state index is 0. The van der Waals surface area contributed by atoms with Crippen LogP contribution >= 0.6 is 0 Å². The van der Waals surface area contributed by atoms with E-state index in [2.05, 4.69) is 123 Å². The number of benzene rings is 6. The van der Waals surface area contributed by atoms with Gasteiger partial charge in [0.15, 0.2) is 0 Å². The summed E-state index contributed by atoms with van der Waals surface area (Å²) in [7, 11) is 0. The Morgan fingerprint density at radius 2 is 0.833 bits per heavy atom. The maximum atomic E-state index is 2.89. The smallest absolute Gasteiger partial charge is 0.184 e. The molecule has 0 bridgehead atoms. The average Bonchev–Trinajstić information content (AvgIpc) is 3.61. The van der Waals surface area contributed by atoms with Gasteiger partial charge in [0.1, 0.15) is 0 Å². The summed E-state index contributed by atoms with van der Waals surface area (Å²) in [6.07, 6.45) is 0. The molecule has 8 rings (SSSR count). The Balaban J connectivity index is 0.000000162. The predicted octanol–water partition coefficient (Wildman–Crippen LogP) is 10.5. The van der Waals surface area contributed by atoms with E-state index in [0.717, 1.165) is 0 Å². The zero-order chi connectivity index (χ0) is 27.6. The monoisotopic (exact) mass is 630 g/mol. The van der Waals surface area contributed by atoms with Gasteiger partial charge < -0.3 is 0 Å². The Hall–Kier alpha value is -3.84. The normalized spacial score (nSPS) is 9.76. The minimum Gasteiger partial charge on any atom is -0.184 e. The molecule has 0 saturated heterocycles. The van der Waals surface area contributed by atoms with Crippen molar-refractivity contribution in [1.82, 2.24) is 0 Å². The van der Waals surface area contributed by atoms with Crippen LogP contribution in [0.2, 0.25) is 0 Å². The third-order valence-corrected chi connectivity index (χ3v) is 6.96. The van der Waals surface area contributed by atoms with Gasteiger partial charge in [0, 0.05) is 11.0 Å². The van der Waals surface area contributed by atoms with E-state index in [9.17, 15) is 0 Å². The fraction of sp³-hybridized carbons (Fsp3) is 0.0500. The molecule has 0 nitrogen and oxygen atoms in total. The minimum absolute atomic E-state index is 0. The number of hydrogen-bond donors (Lipinski definition) is 0. The quantitative estimate of drug-likeness (QED) is 0.115. The molecule has 0 aromatic heterocycles. The van der Waals surface area contributed by atoms with Crippen LogP contribution in [0.3, 0.4) is 0 Å². The van der Waals surface area contributed by atoms with Crippen LogP contribution in [0, 0.1) is 26.0 Å². The van der Waals surface area contributed by atoms with Crippen molar-refractivity contribution in [2.75, 3.05) is 0 Å². The molecule has 0 atom stereocenters. The van der Waals surface area contributed by atoms with Crippen LogP contribution in [-0.2, 0) is 26.2 Å². The van der Waals surface area contributed by atoms with Crippen molar-refractivity contribution in [2.24, 2.45) is 0 Å². The Labute approximate surface area is 274 Å². The van der Waals surface area contributed by atoms with Gasteiger partial charge in [0.2, 0.25) is 0 Å². The van der Waals surface area contributed by atoms with E-state index in [-0.39, 0.29) is 37.2 Å². The molecular formula is C40H32SiZr. The van der Waals surface area contributed by atoms with E-state index in [1.54, 1.807) is 0 Å². The van der Waals surface area contributed by atoms with Crippen LogP contribution in [0.15, 0.2) is 158 Å². The molecule has 42 heavy (non-hydrogen) atoms. The van der Waals surface area contributed by atoms with Crippen molar-refractivity contribution < 1.29 is 26.2 Å². The first-order valence-electron chi connectivity index (χ1n) is 13.6. The summed E-state index contributed by atoms with van der Waals surface area (Å²) in [6.45, 7) is 4.34. The third kappa shape index (κ3) is 8.13. The molecule has 4 aliphatic rings. The van der Waals surface area contributed by atoms with Crippen molar-refractivity contribution in [2.45, 2.75) is 13.8 Å². The molecule has 4 aromatic carbocycles. The van der Waals surface area contributed by atoms with Gasteiger partial charge in [-0.15, -0.1) is 81.9 Å². The second kappa shape index (κ2) is 16.6. The van der Waals surface area contributed by atoms with Gasteiger partial charge in [-0.2, -0.15) is 72.8 Å². The summed E-state index contributed by atoms with van der Waals surface area (Å²) in [5, 5.41) is 5.42. The Morgan fingerprint density at radius 1 is 0.452 bits per heavy atom. The summed E-state index contributed by atoms with van der Waals surface area (Å²) in [4.78, 5) is 0. The van der Waals surface area contributed by atoms with Gasteiger partial charge in [-0.25, -0.2) is 0 Å². The zero-order valence-electron chi connectivity index (χ0n) is 24.0. The molecule has 0 unspecified atom stereocenters. The Kier molecular flexibility index (Phi) is 12.9. The molecular weight excluding hydrogens is 600 g/mol. The van der Waals surface area contributed by atoms with Gasteiger partial charge in [-0.05, 0) is 0 Å². The molecule has 4 aromatic rings. The molecule has 0 saturated carbocycles. The standard InChI is InChI=1S/2C14H11.2C6H5.Si.Zr/c2*1-10-5-4-8-13-12-7-3-2-6-11(12)9-14(10)13;2*1-2-4-6-5-3-1;;/h2*2-9H,1H3;2*1-5H;;/q4*-1;;+4. The molecule has 0 fully saturated rings. The number of fused-ring (bicyclic) bond motifs is 6. The fourth-order valence-electron chi connectivity index (χ4n) is 4.95. The molecule has 2 heteroatoms.